The summed E-state index contributed by atoms with van der Waals surface area (Å²) in [6.45, 7) is 8.04. The zero-order valence-electron chi connectivity index (χ0n) is 23.5. The molecule has 8 nitrogen and oxygen atoms in total. The minimum atomic E-state index is -2.63. The molecule has 1 saturated carbocycles. The third kappa shape index (κ3) is 3.38. The minimum Gasteiger partial charge on any atom is -0.508 e. The van der Waals surface area contributed by atoms with Crippen molar-refractivity contribution in [2.75, 3.05) is 7.11 Å². The largest absolute Gasteiger partial charge is 0.508 e. The third-order valence-electron chi connectivity index (χ3n) is 9.27. The number of carbonyl (C=O) groups excluding carboxylic acids is 3. The Morgan fingerprint density at radius 1 is 1.07 bits per heavy atom. The minimum absolute atomic E-state index is 0.0398. The van der Waals surface area contributed by atoms with Crippen LogP contribution in [0.1, 0.15) is 52.2 Å². The van der Waals surface area contributed by atoms with E-state index in [1.54, 1.807) is 46.9 Å². The fraction of sp³-hybridized carbons (Fsp3) is 0.406. The van der Waals surface area contributed by atoms with Crippen LogP contribution in [0.4, 0.5) is 0 Å². The van der Waals surface area contributed by atoms with Gasteiger partial charge in [-0.25, -0.2) is 0 Å². The smallest absolute Gasteiger partial charge is 0.203 e. The number of ether oxygens (including phenoxy) is 1. The maximum Gasteiger partial charge on any atom is 0.203 e. The summed E-state index contributed by atoms with van der Waals surface area (Å²) in [5.41, 5.74) is -3.78. The number of rotatable bonds is 4. The van der Waals surface area contributed by atoms with Gasteiger partial charge in [0.15, 0.2) is 17.2 Å². The van der Waals surface area contributed by atoms with Crippen LogP contribution in [0.2, 0.25) is 0 Å². The number of hydrogen-bond acceptors (Lipinski definition) is 8. The number of aliphatic hydroxyl groups is 3. The number of aliphatic hydroxyl groups excluding tert-OH is 2. The highest BCUT2D eigenvalue weighted by Gasteiger charge is 2.72. The van der Waals surface area contributed by atoms with Crippen molar-refractivity contribution >= 4 is 23.1 Å². The number of carbonyl (C=O) groups is 3. The van der Waals surface area contributed by atoms with E-state index in [2.05, 4.69) is 0 Å². The summed E-state index contributed by atoms with van der Waals surface area (Å²) in [5.74, 6) is -4.77. The first-order chi connectivity index (χ1) is 18.6. The molecule has 0 aromatic heterocycles. The van der Waals surface area contributed by atoms with E-state index in [4.69, 9.17) is 4.74 Å². The van der Waals surface area contributed by atoms with Gasteiger partial charge < -0.3 is 25.2 Å². The van der Waals surface area contributed by atoms with Gasteiger partial charge >= 0.3 is 0 Å². The van der Waals surface area contributed by atoms with Crippen molar-refractivity contribution in [2.24, 2.45) is 22.7 Å². The van der Waals surface area contributed by atoms with Gasteiger partial charge in [0.2, 0.25) is 5.78 Å². The lowest BCUT2D eigenvalue weighted by Crippen LogP contribution is -2.69. The van der Waals surface area contributed by atoms with Gasteiger partial charge in [-0.3, -0.25) is 14.4 Å². The Morgan fingerprint density at radius 2 is 1.75 bits per heavy atom. The van der Waals surface area contributed by atoms with Crippen LogP contribution in [0.25, 0.3) is 16.9 Å². The second-order valence-corrected chi connectivity index (χ2v) is 12.2. The molecule has 2 aromatic rings. The summed E-state index contributed by atoms with van der Waals surface area (Å²) in [7, 11) is 1.56. The van der Waals surface area contributed by atoms with Crippen molar-refractivity contribution in [2.45, 2.75) is 53.1 Å². The van der Waals surface area contributed by atoms with E-state index < -0.39 is 56.8 Å². The predicted molar refractivity (Wildman–Crippen MR) is 148 cm³/mol. The Kier molecular flexibility index (Phi) is 6.08. The summed E-state index contributed by atoms with van der Waals surface area (Å²) in [4.78, 5) is 40.5. The van der Waals surface area contributed by atoms with Gasteiger partial charge in [0.25, 0.3) is 0 Å². The number of benzene rings is 2. The number of allylic oxidation sites excluding steroid dienone is 1. The van der Waals surface area contributed by atoms with Crippen molar-refractivity contribution in [1.29, 1.82) is 0 Å². The number of methoxy groups -OCH3 is 1. The van der Waals surface area contributed by atoms with Crippen molar-refractivity contribution in [3.05, 3.63) is 64.4 Å². The lowest BCUT2D eigenvalue weighted by molar-refractivity contribution is -0.178. The third-order valence-corrected chi connectivity index (χ3v) is 9.27. The average Bonchev–Trinajstić information content (AvgIpc) is 2.86. The van der Waals surface area contributed by atoms with Crippen LogP contribution in [0.15, 0.2) is 53.3 Å². The second kappa shape index (κ2) is 8.80. The molecule has 4 N–H and O–H groups in total. The second-order valence-electron chi connectivity index (χ2n) is 12.2. The van der Waals surface area contributed by atoms with Gasteiger partial charge in [0.05, 0.1) is 12.7 Å². The molecule has 1 fully saturated rings. The Balaban J connectivity index is 1.82. The molecule has 0 bridgehead atoms. The molecule has 3 aliphatic rings. The molecule has 210 valence electrons. The molecule has 0 amide bonds. The van der Waals surface area contributed by atoms with Crippen molar-refractivity contribution < 1.29 is 39.5 Å². The van der Waals surface area contributed by atoms with E-state index >= 15 is 0 Å². The topological polar surface area (TPSA) is 141 Å². The Labute approximate surface area is 232 Å². The van der Waals surface area contributed by atoms with Gasteiger partial charge in [0, 0.05) is 22.3 Å². The molecule has 8 heteroatoms. The molecule has 1 unspecified atom stereocenters. The first kappa shape index (κ1) is 27.6. The normalized spacial score (nSPS) is 29.8. The number of phenolic OH excluding ortho intramolecular Hbond substituents is 1. The lowest BCUT2D eigenvalue weighted by atomic mass is 9.43. The predicted octanol–water partition coefficient (Wildman–Crippen LogP) is 4.87. The van der Waals surface area contributed by atoms with E-state index in [1.807, 2.05) is 18.2 Å². The highest BCUT2D eigenvalue weighted by molar-refractivity contribution is 6.24. The summed E-state index contributed by atoms with van der Waals surface area (Å²) in [5, 5.41) is 45.9. The summed E-state index contributed by atoms with van der Waals surface area (Å²) in [6.07, 6.45) is 0.237. The van der Waals surface area contributed by atoms with Gasteiger partial charge in [0.1, 0.15) is 28.6 Å². The highest BCUT2D eigenvalue weighted by Crippen LogP contribution is 2.65. The molecule has 0 aliphatic heterocycles. The van der Waals surface area contributed by atoms with Crippen LogP contribution >= 0.6 is 0 Å². The molecule has 0 heterocycles. The van der Waals surface area contributed by atoms with E-state index in [0.717, 1.165) is 18.1 Å². The van der Waals surface area contributed by atoms with Crippen molar-refractivity contribution in [3.8, 4) is 22.6 Å². The van der Waals surface area contributed by atoms with Gasteiger partial charge in [-0.15, -0.1) is 0 Å². The first-order valence-corrected chi connectivity index (χ1v) is 13.3. The number of aromatic hydroxyl groups is 1. The SMILES string of the molecule is COc1cccc(-c2ccc(O)c3c2C[C@]2(C)C[C@]4(C)C(C(C)C)C(=O)C(C(C)=O)=C(O)[C@]4(O)C(=O)C2=C3O)c1. The Morgan fingerprint density at radius 3 is 2.35 bits per heavy atom. The van der Waals surface area contributed by atoms with E-state index in [9.17, 15) is 34.8 Å². The van der Waals surface area contributed by atoms with Crippen LogP contribution in [0.3, 0.4) is 0 Å². The van der Waals surface area contributed by atoms with Gasteiger partial charge in [-0.05, 0) is 60.6 Å². The van der Waals surface area contributed by atoms with Gasteiger partial charge in [-0.1, -0.05) is 45.9 Å². The number of phenols is 1. The number of ketones is 3. The fourth-order valence-corrected chi connectivity index (χ4v) is 7.78. The Bertz CT molecular complexity index is 1560. The first-order valence-electron chi connectivity index (χ1n) is 13.3. The average molecular weight is 547 g/mol. The molecule has 0 spiro atoms. The van der Waals surface area contributed by atoms with Crippen molar-refractivity contribution in [1.82, 2.24) is 0 Å². The maximum atomic E-state index is 14.4. The molecule has 3 aliphatic carbocycles. The molecule has 5 rings (SSSR count). The summed E-state index contributed by atoms with van der Waals surface area (Å²) in [6, 6.07) is 10.5. The zero-order valence-corrected chi connectivity index (χ0v) is 23.5. The van der Waals surface area contributed by atoms with Crippen LogP contribution < -0.4 is 4.74 Å². The van der Waals surface area contributed by atoms with E-state index in [1.165, 1.54) is 6.07 Å². The standard InChI is InChI=1S/C32H34O8/c1-15(2)24-26(35)22(16(3)33)28(37)32(39)29(38)25-27(36)23-20(13-30(25,4)14-31(24,32)5)19(10-11-21(23)34)17-8-7-9-18(12-17)40-6/h7-12,15,24,34,36-37,39H,13-14H2,1-6H3/t24?,30-,31-,32+/m1/s1. The Hall–Kier alpha value is -3.91. The monoisotopic (exact) mass is 546 g/mol. The molecule has 0 saturated heterocycles. The molecular weight excluding hydrogens is 512 g/mol. The van der Waals surface area contributed by atoms with Crippen LogP contribution in [-0.2, 0) is 20.8 Å². The fourth-order valence-electron chi connectivity index (χ4n) is 7.78. The van der Waals surface area contributed by atoms with E-state index in [0.29, 0.717) is 11.3 Å². The number of fused-ring (bicyclic) bond motifs is 3. The molecule has 2 aromatic carbocycles. The molecule has 0 radical (unpaired) electrons. The lowest BCUT2D eigenvalue weighted by Gasteiger charge is -2.59. The number of hydrogen-bond donors (Lipinski definition) is 4. The quantitative estimate of drug-likeness (QED) is 0.398. The molecular formula is C32H34O8. The van der Waals surface area contributed by atoms with E-state index in [-0.39, 0.29) is 35.6 Å². The summed E-state index contributed by atoms with van der Waals surface area (Å²) >= 11 is 0. The van der Waals surface area contributed by atoms with Gasteiger partial charge in [-0.2, -0.15) is 0 Å². The number of Topliss-reactive ketones (excluding diaryl/α,β-unsaturated/α-hetero) is 3. The molecule has 40 heavy (non-hydrogen) atoms. The summed E-state index contributed by atoms with van der Waals surface area (Å²) < 4.78 is 5.38. The van der Waals surface area contributed by atoms with Crippen LogP contribution in [-0.4, -0.2) is 50.5 Å². The van der Waals surface area contributed by atoms with Crippen molar-refractivity contribution in [3.63, 3.8) is 0 Å². The van der Waals surface area contributed by atoms with Crippen LogP contribution in [0.5, 0.6) is 11.5 Å². The van der Waals surface area contributed by atoms with Crippen LogP contribution in [0, 0.1) is 22.7 Å². The molecule has 4 atom stereocenters. The maximum absolute atomic E-state index is 14.4. The highest BCUT2D eigenvalue weighted by atomic mass is 16.5. The zero-order chi connectivity index (χ0) is 29.5.